The summed E-state index contributed by atoms with van der Waals surface area (Å²) in [5, 5.41) is 4.43. The molecule has 0 radical (unpaired) electrons. The third-order valence-electron chi connectivity index (χ3n) is 4.33. The van der Waals surface area contributed by atoms with Crippen molar-refractivity contribution in [2.75, 3.05) is 19.6 Å². The molecule has 124 valence electrons. The third kappa shape index (κ3) is 3.60. The van der Waals surface area contributed by atoms with E-state index in [0.29, 0.717) is 23.8 Å². The van der Waals surface area contributed by atoms with Gasteiger partial charge in [0, 0.05) is 6.54 Å². The lowest BCUT2D eigenvalue weighted by Crippen LogP contribution is -2.43. The van der Waals surface area contributed by atoms with Gasteiger partial charge in [0.2, 0.25) is 0 Å². The molecule has 0 aliphatic carbocycles. The molecule has 1 aromatic carbocycles. The maximum atomic E-state index is 12.2. The smallest absolute Gasteiger partial charge is 0.276 e. The topological polar surface area (TPSA) is 70.7 Å². The van der Waals surface area contributed by atoms with E-state index < -0.39 is 0 Å². The minimum absolute atomic E-state index is 0.0979. The van der Waals surface area contributed by atoms with Crippen LogP contribution in [0.25, 0.3) is 0 Å². The number of piperidine rings is 1. The van der Waals surface area contributed by atoms with Gasteiger partial charge in [-0.3, -0.25) is 9.59 Å². The number of imide groups is 1. The zero-order valence-electron chi connectivity index (χ0n) is 13.4. The molecule has 0 saturated carbocycles. The first-order valence-electron chi connectivity index (χ1n) is 8.24. The van der Waals surface area contributed by atoms with E-state index in [1.54, 1.807) is 24.3 Å². The van der Waals surface area contributed by atoms with Gasteiger partial charge in [0.15, 0.2) is 0 Å². The van der Waals surface area contributed by atoms with Gasteiger partial charge in [-0.05, 0) is 51.4 Å². The van der Waals surface area contributed by atoms with Crippen molar-refractivity contribution in [3.8, 4) is 0 Å². The summed E-state index contributed by atoms with van der Waals surface area (Å²) in [5.41, 5.74) is 3.86. The van der Waals surface area contributed by atoms with Gasteiger partial charge in [-0.25, -0.2) is 10.4 Å². The summed E-state index contributed by atoms with van der Waals surface area (Å²) in [7, 11) is 0. The fraction of sp³-hybridized carbons (Fsp3) is 0.529. The van der Waals surface area contributed by atoms with Gasteiger partial charge in [-0.2, -0.15) is 0 Å². The summed E-state index contributed by atoms with van der Waals surface area (Å²) in [6.07, 6.45) is 3.23. The second kappa shape index (κ2) is 7.21. The number of nitrogens with zero attached hydrogens (tertiary/aromatic N) is 1. The van der Waals surface area contributed by atoms with Crippen molar-refractivity contribution in [2.24, 2.45) is 0 Å². The number of amides is 2. The van der Waals surface area contributed by atoms with E-state index in [1.807, 2.05) is 6.92 Å². The summed E-state index contributed by atoms with van der Waals surface area (Å²) in [6.45, 7) is 4.57. The number of nitrogens with one attached hydrogen (secondary N) is 2. The van der Waals surface area contributed by atoms with Crippen LogP contribution in [-0.2, 0) is 4.74 Å². The highest BCUT2D eigenvalue weighted by molar-refractivity contribution is 6.20. The number of carbonyl (C=O) groups excluding carboxylic acids is 2. The average molecular weight is 317 g/mol. The van der Waals surface area contributed by atoms with Gasteiger partial charge in [0.1, 0.15) is 0 Å². The van der Waals surface area contributed by atoms with Crippen molar-refractivity contribution in [2.45, 2.75) is 38.4 Å². The molecule has 1 aromatic rings. The number of ether oxygens (including phenoxy) is 1. The van der Waals surface area contributed by atoms with Crippen LogP contribution in [0, 0.1) is 0 Å². The molecule has 0 spiro atoms. The van der Waals surface area contributed by atoms with E-state index >= 15 is 0 Å². The van der Waals surface area contributed by atoms with Crippen LogP contribution in [0.15, 0.2) is 24.3 Å². The monoisotopic (exact) mass is 317 g/mol. The van der Waals surface area contributed by atoms with Crippen molar-refractivity contribution in [1.82, 2.24) is 15.8 Å². The summed E-state index contributed by atoms with van der Waals surface area (Å²) in [5.74, 6) is -0.560. The van der Waals surface area contributed by atoms with E-state index in [9.17, 15) is 9.59 Å². The molecule has 1 atom stereocenters. The van der Waals surface area contributed by atoms with Crippen molar-refractivity contribution in [3.63, 3.8) is 0 Å². The SMILES string of the molecule is C[C@H](CCNN1C(=O)c2ccccc2C1=O)OC1CCNCC1. The Hall–Kier alpha value is -1.76. The second-order valence-electron chi connectivity index (χ2n) is 6.08. The van der Waals surface area contributed by atoms with Crippen molar-refractivity contribution >= 4 is 11.8 Å². The Bertz CT molecular complexity index is 549. The average Bonchev–Trinajstić information content (AvgIpc) is 2.81. The summed E-state index contributed by atoms with van der Waals surface area (Å²) in [4.78, 5) is 24.4. The van der Waals surface area contributed by atoms with Crippen molar-refractivity contribution in [3.05, 3.63) is 35.4 Å². The molecule has 2 N–H and O–H groups in total. The summed E-state index contributed by atoms with van der Waals surface area (Å²) >= 11 is 0. The van der Waals surface area contributed by atoms with E-state index in [4.69, 9.17) is 4.74 Å². The Balaban J connectivity index is 1.46. The number of rotatable bonds is 6. The normalized spacial score (nSPS) is 20.0. The molecule has 6 heteroatoms. The largest absolute Gasteiger partial charge is 0.375 e. The molecule has 0 bridgehead atoms. The van der Waals surface area contributed by atoms with Crippen LogP contribution in [0.4, 0.5) is 0 Å². The molecule has 2 aliphatic rings. The lowest BCUT2D eigenvalue weighted by molar-refractivity contribution is -0.0219. The zero-order chi connectivity index (χ0) is 16.2. The lowest BCUT2D eigenvalue weighted by atomic mass is 10.1. The molecule has 3 rings (SSSR count). The molecule has 2 heterocycles. The number of hydrogen-bond donors (Lipinski definition) is 2. The molecule has 6 nitrogen and oxygen atoms in total. The Morgan fingerprint density at radius 2 is 1.83 bits per heavy atom. The molecule has 1 fully saturated rings. The van der Waals surface area contributed by atoms with E-state index in [-0.39, 0.29) is 17.9 Å². The Morgan fingerprint density at radius 1 is 1.22 bits per heavy atom. The van der Waals surface area contributed by atoms with Crippen LogP contribution in [0.1, 0.15) is 46.9 Å². The molecular weight excluding hydrogens is 294 g/mol. The second-order valence-corrected chi connectivity index (χ2v) is 6.08. The lowest BCUT2D eigenvalue weighted by Gasteiger charge is -2.26. The highest BCUT2D eigenvalue weighted by atomic mass is 16.5. The van der Waals surface area contributed by atoms with E-state index in [2.05, 4.69) is 10.7 Å². The van der Waals surface area contributed by atoms with Crippen LogP contribution in [0.2, 0.25) is 0 Å². The van der Waals surface area contributed by atoms with Crippen LogP contribution in [0.5, 0.6) is 0 Å². The predicted octanol–water partition coefficient (Wildman–Crippen LogP) is 1.33. The van der Waals surface area contributed by atoms with E-state index in [0.717, 1.165) is 37.4 Å². The fourth-order valence-corrected chi connectivity index (χ4v) is 3.04. The molecule has 0 aromatic heterocycles. The maximum absolute atomic E-state index is 12.2. The molecule has 2 aliphatic heterocycles. The number of hydrazine groups is 1. The number of carbonyl (C=O) groups is 2. The minimum atomic E-state index is -0.280. The first-order chi connectivity index (χ1) is 11.2. The predicted molar refractivity (Wildman–Crippen MR) is 86.0 cm³/mol. The first-order valence-corrected chi connectivity index (χ1v) is 8.24. The zero-order valence-corrected chi connectivity index (χ0v) is 13.4. The van der Waals surface area contributed by atoms with Crippen LogP contribution >= 0.6 is 0 Å². The van der Waals surface area contributed by atoms with Crippen LogP contribution in [-0.4, -0.2) is 48.7 Å². The number of hydrogen-bond acceptors (Lipinski definition) is 5. The fourth-order valence-electron chi connectivity index (χ4n) is 3.04. The standard InChI is InChI=1S/C17H23N3O3/c1-12(23-13-7-9-18-10-8-13)6-11-19-20-16(21)14-4-2-3-5-15(14)17(20)22/h2-5,12-13,18-19H,6-11H2,1H3/t12-/m1/s1. The Morgan fingerprint density at radius 3 is 2.43 bits per heavy atom. The molecule has 0 unspecified atom stereocenters. The van der Waals surface area contributed by atoms with Gasteiger partial charge in [-0.15, -0.1) is 0 Å². The minimum Gasteiger partial charge on any atom is -0.375 e. The van der Waals surface area contributed by atoms with Gasteiger partial charge in [0.05, 0.1) is 23.3 Å². The van der Waals surface area contributed by atoms with Gasteiger partial charge >= 0.3 is 0 Å². The highest BCUT2D eigenvalue weighted by Crippen LogP contribution is 2.20. The third-order valence-corrected chi connectivity index (χ3v) is 4.33. The molecule has 2 amide bonds. The van der Waals surface area contributed by atoms with Crippen LogP contribution < -0.4 is 10.7 Å². The van der Waals surface area contributed by atoms with Gasteiger partial charge < -0.3 is 10.1 Å². The van der Waals surface area contributed by atoms with Crippen molar-refractivity contribution in [1.29, 1.82) is 0 Å². The quantitative estimate of drug-likeness (QED) is 0.775. The highest BCUT2D eigenvalue weighted by Gasteiger charge is 2.35. The summed E-state index contributed by atoms with van der Waals surface area (Å²) < 4.78 is 6.00. The number of benzene rings is 1. The Labute approximate surface area is 136 Å². The van der Waals surface area contributed by atoms with E-state index in [1.165, 1.54) is 0 Å². The maximum Gasteiger partial charge on any atom is 0.276 e. The molecular formula is C17H23N3O3. The molecule has 23 heavy (non-hydrogen) atoms. The van der Waals surface area contributed by atoms with Crippen molar-refractivity contribution < 1.29 is 14.3 Å². The molecule has 1 saturated heterocycles. The van der Waals surface area contributed by atoms with Crippen LogP contribution in [0.3, 0.4) is 0 Å². The Kier molecular flexibility index (Phi) is 5.05. The van der Waals surface area contributed by atoms with Gasteiger partial charge in [0.25, 0.3) is 11.8 Å². The first kappa shape index (κ1) is 16.1. The number of fused-ring (bicyclic) bond motifs is 1. The summed E-state index contributed by atoms with van der Waals surface area (Å²) in [6, 6.07) is 6.89. The van der Waals surface area contributed by atoms with Gasteiger partial charge in [-0.1, -0.05) is 12.1 Å².